The number of hydrogen-bond donors (Lipinski definition) is 0. The lowest BCUT2D eigenvalue weighted by Crippen LogP contribution is -2.35. The summed E-state index contributed by atoms with van der Waals surface area (Å²) in [6.07, 6.45) is 0.465. The standard InChI is InChI=1S/C15H25N5O3/c1-18(2)3-4-20-10-12(9-14(20)21)15-16-13(17-23-15)11-19-5-7-22-8-6-19/h12H,3-11H2,1-2H3/t12-/m0/s1. The molecular weight excluding hydrogens is 298 g/mol. The Labute approximate surface area is 136 Å². The predicted molar refractivity (Wildman–Crippen MR) is 82.9 cm³/mol. The highest BCUT2D eigenvalue weighted by atomic mass is 16.5. The number of aromatic nitrogens is 2. The van der Waals surface area contributed by atoms with Gasteiger partial charge in [0, 0.05) is 39.1 Å². The molecule has 3 rings (SSSR count). The molecule has 2 fully saturated rings. The van der Waals surface area contributed by atoms with E-state index in [2.05, 4.69) is 19.9 Å². The fourth-order valence-electron chi connectivity index (χ4n) is 2.93. The van der Waals surface area contributed by atoms with Crippen LogP contribution < -0.4 is 0 Å². The van der Waals surface area contributed by atoms with Crippen LogP contribution in [0, 0.1) is 0 Å². The number of hydrogen-bond acceptors (Lipinski definition) is 7. The van der Waals surface area contributed by atoms with Gasteiger partial charge in [-0.15, -0.1) is 0 Å². The van der Waals surface area contributed by atoms with Crippen molar-refractivity contribution in [3.05, 3.63) is 11.7 Å². The smallest absolute Gasteiger partial charge is 0.232 e. The molecule has 0 bridgehead atoms. The van der Waals surface area contributed by atoms with E-state index >= 15 is 0 Å². The number of carbonyl (C=O) groups excluding carboxylic acids is 1. The van der Waals surface area contributed by atoms with Gasteiger partial charge < -0.3 is 19.1 Å². The SMILES string of the molecule is CN(C)CCN1C[C@@H](c2nc(CN3CCOCC3)no2)CC1=O. The average molecular weight is 323 g/mol. The molecule has 1 amide bonds. The highest BCUT2D eigenvalue weighted by molar-refractivity contribution is 5.79. The van der Waals surface area contributed by atoms with Crippen molar-refractivity contribution in [2.24, 2.45) is 0 Å². The number of amides is 1. The lowest BCUT2D eigenvalue weighted by atomic mass is 10.1. The third-order valence-electron chi connectivity index (χ3n) is 4.33. The van der Waals surface area contributed by atoms with Gasteiger partial charge in [-0.25, -0.2) is 0 Å². The van der Waals surface area contributed by atoms with Gasteiger partial charge in [0.15, 0.2) is 5.82 Å². The van der Waals surface area contributed by atoms with Gasteiger partial charge in [-0.3, -0.25) is 9.69 Å². The van der Waals surface area contributed by atoms with E-state index in [0.29, 0.717) is 31.2 Å². The molecule has 2 aliphatic heterocycles. The van der Waals surface area contributed by atoms with Crippen LogP contribution in [0.1, 0.15) is 24.1 Å². The molecule has 0 aliphatic carbocycles. The number of likely N-dealkylation sites (tertiary alicyclic amines) is 1. The molecule has 1 aromatic heterocycles. The molecular formula is C15H25N5O3. The maximum atomic E-state index is 12.1. The first-order valence-electron chi connectivity index (χ1n) is 8.17. The van der Waals surface area contributed by atoms with Crippen molar-refractivity contribution >= 4 is 5.91 Å². The maximum absolute atomic E-state index is 12.1. The molecule has 3 heterocycles. The Morgan fingerprint density at radius 3 is 2.83 bits per heavy atom. The van der Waals surface area contributed by atoms with Crippen LogP contribution in [0.2, 0.25) is 0 Å². The number of nitrogens with zero attached hydrogens (tertiary/aromatic N) is 5. The van der Waals surface area contributed by atoms with Crippen LogP contribution >= 0.6 is 0 Å². The number of likely N-dealkylation sites (N-methyl/N-ethyl adjacent to an activating group) is 1. The highest BCUT2D eigenvalue weighted by Gasteiger charge is 2.34. The fraction of sp³-hybridized carbons (Fsp3) is 0.800. The monoisotopic (exact) mass is 323 g/mol. The van der Waals surface area contributed by atoms with Gasteiger partial charge in [0.1, 0.15) is 0 Å². The van der Waals surface area contributed by atoms with Crippen molar-refractivity contribution in [1.29, 1.82) is 0 Å². The summed E-state index contributed by atoms with van der Waals surface area (Å²) in [4.78, 5) is 22.8. The Hall–Kier alpha value is -1.51. The van der Waals surface area contributed by atoms with Gasteiger partial charge in [-0.05, 0) is 14.1 Å². The second-order valence-corrected chi connectivity index (χ2v) is 6.48. The van der Waals surface area contributed by atoms with E-state index < -0.39 is 0 Å². The summed E-state index contributed by atoms with van der Waals surface area (Å²) in [5, 5.41) is 4.07. The van der Waals surface area contributed by atoms with E-state index in [0.717, 1.165) is 39.4 Å². The summed E-state index contributed by atoms with van der Waals surface area (Å²) in [7, 11) is 4.02. The Bertz CT molecular complexity index is 527. The van der Waals surface area contributed by atoms with Crippen LogP contribution in [-0.2, 0) is 16.1 Å². The lowest BCUT2D eigenvalue weighted by molar-refractivity contribution is -0.127. The molecule has 0 spiro atoms. The van der Waals surface area contributed by atoms with Gasteiger partial charge in [0.2, 0.25) is 11.8 Å². The van der Waals surface area contributed by atoms with Crippen molar-refractivity contribution in [3.63, 3.8) is 0 Å². The molecule has 2 saturated heterocycles. The number of morpholine rings is 1. The molecule has 0 N–H and O–H groups in total. The molecule has 0 unspecified atom stereocenters. The van der Waals surface area contributed by atoms with Crippen molar-refractivity contribution < 1.29 is 14.1 Å². The molecule has 0 aromatic carbocycles. The maximum Gasteiger partial charge on any atom is 0.232 e. The Morgan fingerprint density at radius 2 is 2.09 bits per heavy atom. The summed E-state index contributed by atoms with van der Waals surface area (Å²) in [6, 6.07) is 0. The summed E-state index contributed by atoms with van der Waals surface area (Å²) in [5.41, 5.74) is 0. The van der Waals surface area contributed by atoms with Gasteiger partial charge in [0.05, 0.1) is 25.7 Å². The summed E-state index contributed by atoms with van der Waals surface area (Å²) >= 11 is 0. The zero-order chi connectivity index (χ0) is 16.2. The number of ether oxygens (including phenoxy) is 1. The van der Waals surface area contributed by atoms with Gasteiger partial charge in [-0.2, -0.15) is 4.98 Å². The van der Waals surface area contributed by atoms with Gasteiger partial charge in [0.25, 0.3) is 0 Å². The largest absolute Gasteiger partial charge is 0.379 e. The van der Waals surface area contributed by atoms with E-state index in [4.69, 9.17) is 9.26 Å². The first-order valence-corrected chi connectivity index (χ1v) is 8.17. The molecule has 23 heavy (non-hydrogen) atoms. The minimum Gasteiger partial charge on any atom is -0.379 e. The van der Waals surface area contributed by atoms with Crippen LogP contribution in [0.3, 0.4) is 0 Å². The van der Waals surface area contributed by atoms with E-state index in [1.54, 1.807) is 0 Å². The van der Waals surface area contributed by atoms with Crippen LogP contribution in [0.5, 0.6) is 0 Å². The van der Waals surface area contributed by atoms with Crippen LogP contribution in [0.15, 0.2) is 4.52 Å². The van der Waals surface area contributed by atoms with Crippen LogP contribution in [-0.4, -0.2) is 90.8 Å². The molecule has 0 radical (unpaired) electrons. The second-order valence-electron chi connectivity index (χ2n) is 6.48. The van der Waals surface area contributed by atoms with Crippen LogP contribution in [0.25, 0.3) is 0 Å². The van der Waals surface area contributed by atoms with E-state index in [9.17, 15) is 4.79 Å². The van der Waals surface area contributed by atoms with Crippen LogP contribution in [0.4, 0.5) is 0 Å². The lowest BCUT2D eigenvalue weighted by Gasteiger charge is -2.24. The number of rotatable bonds is 6. The zero-order valence-corrected chi connectivity index (χ0v) is 13.9. The summed E-state index contributed by atoms with van der Waals surface area (Å²) < 4.78 is 10.7. The van der Waals surface area contributed by atoms with Crippen molar-refractivity contribution in [1.82, 2.24) is 24.8 Å². The van der Waals surface area contributed by atoms with E-state index in [-0.39, 0.29) is 11.8 Å². The summed E-state index contributed by atoms with van der Waals surface area (Å²) in [6.45, 7) is 6.25. The fourth-order valence-corrected chi connectivity index (χ4v) is 2.93. The molecule has 128 valence electrons. The minimum absolute atomic E-state index is 0.0237. The van der Waals surface area contributed by atoms with E-state index in [1.165, 1.54) is 0 Å². The number of carbonyl (C=O) groups is 1. The van der Waals surface area contributed by atoms with Crippen molar-refractivity contribution in [2.75, 3.05) is 60.0 Å². The topological polar surface area (TPSA) is 74.9 Å². The first-order chi connectivity index (χ1) is 11.1. The van der Waals surface area contributed by atoms with Gasteiger partial charge in [-0.1, -0.05) is 5.16 Å². The second kappa shape index (κ2) is 7.37. The van der Waals surface area contributed by atoms with Crippen molar-refractivity contribution in [2.45, 2.75) is 18.9 Å². The Balaban J connectivity index is 1.54. The molecule has 1 atom stereocenters. The average Bonchev–Trinajstić information content (AvgIpc) is 3.13. The zero-order valence-electron chi connectivity index (χ0n) is 13.9. The Morgan fingerprint density at radius 1 is 1.30 bits per heavy atom. The predicted octanol–water partition coefficient (Wildman–Crippen LogP) is -0.221. The quantitative estimate of drug-likeness (QED) is 0.716. The van der Waals surface area contributed by atoms with Gasteiger partial charge >= 0.3 is 0 Å². The first kappa shape index (κ1) is 16.4. The normalized spacial score (nSPS) is 23.2. The molecule has 0 saturated carbocycles. The summed E-state index contributed by atoms with van der Waals surface area (Å²) in [5.74, 6) is 1.48. The Kier molecular flexibility index (Phi) is 5.24. The molecule has 8 heteroatoms. The van der Waals surface area contributed by atoms with E-state index in [1.807, 2.05) is 19.0 Å². The molecule has 1 aromatic rings. The third-order valence-corrected chi connectivity index (χ3v) is 4.33. The molecule has 2 aliphatic rings. The third kappa shape index (κ3) is 4.27. The highest BCUT2D eigenvalue weighted by Crippen LogP contribution is 2.26. The minimum atomic E-state index is 0.0237. The van der Waals surface area contributed by atoms with Crippen molar-refractivity contribution in [3.8, 4) is 0 Å². The molecule has 8 nitrogen and oxygen atoms in total.